The van der Waals surface area contributed by atoms with E-state index >= 15 is 0 Å². The summed E-state index contributed by atoms with van der Waals surface area (Å²) < 4.78 is 23.7. The smallest absolute Gasteiger partial charge is 0.247 e. The number of carbonyl (C=O) groups excluding carboxylic acids is 3. The number of methoxy groups -OCH3 is 1. The number of rotatable bonds is 11. The van der Waals surface area contributed by atoms with Crippen molar-refractivity contribution in [3.63, 3.8) is 0 Å². The Labute approximate surface area is 198 Å². The summed E-state index contributed by atoms with van der Waals surface area (Å²) in [6, 6.07) is 6.18. The summed E-state index contributed by atoms with van der Waals surface area (Å²) in [4.78, 5) is 40.3. The highest BCUT2D eigenvalue weighted by Gasteiger charge is 2.33. The van der Waals surface area contributed by atoms with Crippen molar-refractivity contribution in [1.29, 1.82) is 0 Å². The molecule has 3 amide bonds. The van der Waals surface area contributed by atoms with Crippen LogP contribution in [-0.2, 0) is 19.1 Å². The molecular formula is C24H31FN4O5. The van der Waals surface area contributed by atoms with Crippen LogP contribution in [0, 0.1) is 12.7 Å². The highest BCUT2D eigenvalue weighted by Crippen LogP contribution is 2.25. The monoisotopic (exact) mass is 474 g/mol. The number of nitrogens with one attached hydrogen (secondary N) is 2. The lowest BCUT2D eigenvalue weighted by Gasteiger charge is -2.32. The molecule has 2 N–H and O–H groups in total. The summed E-state index contributed by atoms with van der Waals surface area (Å²) in [6.45, 7) is 2.04. The van der Waals surface area contributed by atoms with E-state index in [0.717, 1.165) is 25.7 Å². The van der Waals surface area contributed by atoms with Crippen LogP contribution in [0.5, 0.6) is 0 Å². The lowest BCUT2D eigenvalue weighted by molar-refractivity contribution is -0.142. The molecule has 0 radical (unpaired) electrons. The summed E-state index contributed by atoms with van der Waals surface area (Å²) >= 11 is 0. The minimum atomic E-state index is -0.967. The van der Waals surface area contributed by atoms with Crippen molar-refractivity contribution in [2.75, 3.05) is 25.6 Å². The third-order valence-electron chi connectivity index (χ3n) is 5.77. The fraction of sp³-hybridized carbons (Fsp3) is 0.500. The molecule has 0 spiro atoms. The van der Waals surface area contributed by atoms with Gasteiger partial charge in [-0.3, -0.25) is 14.4 Å². The number of carbonyl (C=O) groups is 3. The first kappa shape index (κ1) is 25.4. The Bertz CT molecular complexity index is 972. The minimum absolute atomic E-state index is 0.0477. The van der Waals surface area contributed by atoms with E-state index in [1.165, 1.54) is 36.3 Å². The molecule has 1 aliphatic carbocycles. The Morgan fingerprint density at radius 1 is 1.21 bits per heavy atom. The Kier molecular flexibility index (Phi) is 9.15. The molecule has 1 heterocycles. The van der Waals surface area contributed by atoms with Gasteiger partial charge in [-0.05, 0) is 37.5 Å². The normalized spacial score (nSPS) is 14.6. The number of benzene rings is 1. The van der Waals surface area contributed by atoms with Gasteiger partial charge in [0, 0.05) is 38.6 Å². The lowest BCUT2D eigenvalue weighted by Crippen LogP contribution is -2.47. The van der Waals surface area contributed by atoms with Crippen LogP contribution in [0.3, 0.4) is 0 Å². The van der Waals surface area contributed by atoms with E-state index in [2.05, 4.69) is 15.8 Å². The molecule has 10 heteroatoms. The average molecular weight is 475 g/mol. The van der Waals surface area contributed by atoms with Crippen LogP contribution in [0.4, 0.5) is 10.2 Å². The molecule has 1 aromatic carbocycles. The average Bonchev–Trinajstić information content (AvgIpc) is 3.47. The largest absolute Gasteiger partial charge is 0.383 e. The van der Waals surface area contributed by atoms with Gasteiger partial charge in [-0.15, -0.1) is 0 Å². The van der Waals surface area contributed by atoms with Crippen LogP contribution in [0.1, 0.15) is 55.9 Å². The summed E-state index contributed by atoms with van der Waals surface area (Å²) in [6.07, 6.45) is 3.62. The van der Waals surface area contributed by atoms with Crippen molar-refractivity contribution in [1.82, 2.24) is 15.4 Å². The molecule has 9 nitrogen and oxygen atoms in total. The first-order chi connectivity index (χ1) is 16.4. The molecule has 1 atom stereocenters. The third-order valence-corrected chi connectivity index (χ3v) is 5.77. The van der Waals surface area contributed by atoms with Crippen molar-refractivity contribution in [3.05, 3.63) is 47.5 Å². The molecule has 2 aromatic rings. The second kappa shape index (κ2) is 12.3. The quantitative estimate of drug-likeness (QED) is 0.517. The fourth-order valence-corrected chi connectivity index (χ4v) is 4.05. The molecule has 0 saturated heterocycles. The molecule has 1 aromatic heterocycles. The van der Waals surface area contributed by atoms with Gasteiger partial charge in [0.05, 0.1) is 6.61 Å². The number of nitrogens with zero attached hydrogens (tertiary/aromatic N) is 2. The highest BCUT2D eigenvalue weighted by atomic mass is 19.1. The molecule has 184 valence electrons. The molecule has 0 bridgehead atoms. The molecule has 1 saturated carbocycles. The van der Waals surface area contributed by atoms with E-state index in [9.17, 15) is 18.8 Å². The topological polar surface area (TPSA) is 114 Å². The van der Waals surface area contributed by atoms with E-state index in [4.69, 9.17) is 9.26 Å². The predicted octanol–water partition coefficient (Wildman–Crippen LogP) is 3.12. The Balaban J connectivity index is 1.75. The van der Waals surface area contributed by atoms with E-state index in [1.54, 1.807) is 13.0 Å². The van der Waals surface area contributed by atoms with Crippen LogP contribution >= 0.6 is 0 Å². The molecule has 34 heavy (non-hydrogen) atoms. The number of hydrogen-bond acceptors (Lipinski definition) is 6. The second-order valence-electron chi connectivity index (χ2n) is 8.39. The van der Waals surface area contributed by atoms with Gasteiger partial charge in [-0.1, -0.05) is 30.1 Å². The summed E-state index contributed by atoms with van der Waals surface area (Å²) in [5.41, 5.74) is 0.490. The second-order valence-corrected chi connectivity index (χ2v) is 8.39. The third kappa shape index (κ3) is 7.11. The van der Waals surface area contributed by atoms with Crippen molar-refractivity contribution in [2.45, 2.75) is 57.5 Å². The molecular weight excluding hydrogens is 443 g/mol. The molecule has 1 aliphatic rings. The first-order valence-electron chi connectivity index (χ1n) is 11.4. The van der Waals surface area contributed by atoms with Crippen LogP contribution in [0.15, 0.2) is 34.9 Å². The molecule has 0 aliphatic heterocycles. The van der Waals surface area contributed by atoms with Gasteiger partial charge >= 0.3 is 0 Å². The van der Waals surface area contributed by atoms with Crippen LogP contribution in [0.25, 0.3) is 0 Å². The van der Waals surface area contributed by atoms with Crippen molar-refractivity contribution >= 4 is 23.5 Å². The zero-order valence-corrected chi connectivity index (χ0v) is 19.5. The maximum atomic E-state index is 13.6. The summed E-state index contributed by atoms with van der Waals surface area (Å²) in [7, 11) is 1.50. The number of aryl methyl sites for hydroxylation is 1. The Morgan fingerprint density at radius 2 is 1.91 bits per heavy atom. The SMILES string of the molecule is COCCN(C(=O)CCC(=O)Nc1cc(C)on1)C(C(=O)NC1CCCC1)c1ccc(F)cc1. The number of hydrogen-bond donors (Lipinski definition) is 2. The number of ether oxygens (including phenoxy) is 1. The predicted molar refractivity (Wildman–Crippen MR) is 122 cm³/mol. The number of anilines is 1. The van der Waals surface area contributed by atoms with Crippen molar-refractivity contribution in [2.24, 2.45) is 0 Å². The Hall–Kier alpha value is -3.27. The van der Waals surface area contributed by atoms with Crippen LogP contribution in [-0.4, -0.2) is 54.1 Å². The fourth-order valence-electron chi connectivity index (χ4n) is 4.05. The maximum absolute atomic E-state index is 13.6. The number of halogens is 1. The number of amides is 3. The van der Waals surface area contributed by atoms with E-state index in [1.807, 2.05) is 0 Å². The van der Waals surface area contributed by atoms with Crippen molar-refractivity contribution < 1.29 is 28.0 Å². The van der Waals surface area contributed by atoms with Gasteiger partial charge in [-0.25, -0.2) is 4.39 Å². The first-order valence-corrected chi connectivity index (χ1v) is 11.4. The van der Waals surface area contributed by atoms with Gasteiger partial charge in [0.25, 0.3) is 0 Å². The van der Waals surface area contributed by atoms with Crippen LogP contribution < -0.4 is 10.6 Å². The van der Waals surface area contributed by atoms with Gasteiger partial charge in [0.15, 0.2) is 5.82 Å². The van der Waals surface area contributed by atoms with Crippen LogP contribution in [0.2, 0.25) is 0 Å². The maximum Gasteiger partial charge on any atom is 0.247 e. The van der Waals surface area contributed by atoms with E-state index in [-0.39, 0.29) is 49.7 Å². The highest BCUT2D eigenvalue weighted by molar-refractivity contribution is 5.94. The lowest BCUT2D eigenvalue weighted by atomic mass is 10.0. The zero-order chi connectivity index (χ0) is 24.5. The number of aromatic nitrogens is 1. The molecule has 1 unspecified atom stereocenters. The molecule has 1 fully saturated rings. The summed E-state index contributed by atoms with van der Waals surface area (Å²) in [5, 5.41) is 9.32. The van der Waals surface area contributed by atoms with Crippen molar-refractivity contribution in [3.8, 4) is 0 Å². The van der Waals surface area contributed by atoms with Gasteiger partial charge in [-0.2, -0.15) is 0 Å². The van der Waals surface area contributed by atoms with E-state index < -0.39 is 17.8 Å². The van der Waals surface area contributed by atoms with Gasteiger partial charge in [0.2, 0.25) is 17.7 Å². The standard InChI is InChI=1S/C24H31FN4O5/c1-16-15-20(28-34-16)27-21(30)11-12-22(31)29(13-14-33-2)23(17-7-9-18(25)10-8-17)24(32)26-19-5-3-4-6-19/h7-10,15,19,23H,3-6,11-14H2,1-2H3,(H,26,32)(H,27,28,30). The zero-order valence-electron chi connectivity index (χ0n) is 19.5. The molecule has 3 rings (SSSR count). The summed E-state index contributed by atoms with van der Waals surface area (Å²) in [5.74, 6) is -0.737. The van der Waals surface area contributed by atoms with Gasteiger partial charge in [0.1, 0.15) is 17.6 Å². The minimum Gasteiger partial charge on any atom is -0.383 e. The Morgan fingerprint density at radius 3 is 2.53 bits per heavy atom. The van der Waals surface area contributed by atoms with E-state index in [0.29, 0.717) is 11.3 Å². The van der Waals surface area contributed by atoms with Gasteiger partial charge < -0.3 is 24.8 Å².